The Bertz CT molecular complexity index is 1650. The number of aromatic nitrogens is 5. The molecule has 6 rings (SSSR count). The van der Waals surface area contributed by atoms with Gasteiger partial charge in [0.2, 0.25) is 0 Å². The van der Waals surface area contributed by atoms with Gasteiger partial charge in [0.25, 0.3) is 11.5 Å². The minimum atomic E-state index is -0.252. The molecule has 1 aliphatic heterocycles. The van der Waals surface area contributed by atoms with Crippen LogP contribution < -0.4 is 15.8 Å². The van der Waals surface area contributed by atoms with E-state index in [-0.39, 0.29) is 16.9 Å². The summed E-state index contributed by atoms with van der Waals surface area (Å²) in [6.07, 6.45) is 8.83. The summed E-state index contributed by atoms with van der Waals surface area (Å²) in [6.45, 7) is 5.55. The molecule has 1 N–H and O–H groups in total. The van der Waals surface area contributed by atoms with Crippen molar-refractivity contribution < 1.29 is 9.59 Å². The molecule has 0 bridgehead atoms. The summed E-state index contributed by atoms with van der Waals surface area (Å²) in [5, 5.41) is 3.03. The Balaban J connectivity index is 1.39. The minimum absolute atomic E-state index is 0.164. The molecule has 192 valence electrons. The van der Waals surface area contributed by atoms with Crippen LogP contribution in [0.25, 0.3) is 11.1 Å². The number of fused-ring (bicyclic) bond motifs is 3. The van der Waals surface area contributed by atoms with E-state index in [0.29, 0.717) is 52.8 Å². The van der Waals surface area contributed by atoms with Gasteiger partial charge in [-0.25, -0.2) is 15.0 Å². The topological polar surface area (TPSA) is 115 Å². The highest BCUT2D eigenvalue weighted by atomic mass is 16.2. The molecule has 5 heterocycles. The number of nitrogens with one attached hydrogen (secondary N) is 1. The van der Waals surface area contributed by atoms with Crippen LogP contribution in [0.4, 0.5) is 17.3 Å². The molecule has 38 heavy (non-hydrogen) atoms. The second-order valence-corrected chi connectivity index (χ2v) is 10.6. The summed E-state index contributed by atoms with van der Waals surface area (Å²) >= 11 is 0. The van der Waals surface area contributed by atoms with E-state index >= 15 is 0 Å². The van der Waals surface area contributed by atoms with Gasteiger partial charge in [-0.15, -0.1) is 0 Å². The van der Waals surface area contributed by atoms with Gasteiger partial charge in [0.05, 0.1) is 5.56 Å². The van der Waals surface area contributed by atoms with Gasteiger partial charge >= 0.3 is 0 Å². The summed E-state index contributed by atoms with van der Waals surface area (Å²) in [7, 11) is 1.64. The molecular weight excluding hydrogens is 482 g/mol. The fraction of sp³-hybridized carbons (Fsp3) is 0.286. The van der Waals surface area contributed by atoms with Gasteiger partial charge in [0.15, 0.2) is 6.29 Å². The molecular formula is C28H27N7O3. The van der Waals surface area contributed by atoms with E-state index in [1.165, 1.54) is 22.2 Å². The lowest BCUT2D eigenvalue weighted by atomic mass is 9.90. The van der Waals surface area contributed by atoms with Crippen LogP contribution in [0, 0.1) is 5.41 Å². The van der Waals surface area contributed by atoms with Crippen LogP contribution in [0.1, 0.15) is 46.0 Å². The molecule has 10 nitrogen and oxygen atoms in total. The maximum Gasteiger partial charge on any atom is 0.276 e. The van der Waals surface area contributed by atoms with Crippen LogP contribution in [0.5, 0.6) is 0 Å². The molecule has 0 saturated heterocycles. The number of rotatable bonds is 5. The van der Waals surface area contributed by atoms with Gasteiger partial charge in [-0.3, -0.25) is 19.3 Å². The highest BCUT2D eigenvalue weighted by Gasteiger charge is 2.37. The van der Waals surface area contributed by atoms with E-state index in [0.717, 1.165) is 19.1 Å². The van der Waals surface area contributed by atoms with Gasteiger partial charge < -0.3 is 14.5 Å². The monoisotopic (exact) mass is 509 g/mol. The first-order valence-electron chi connectivity index (χ1n) is 12.5. The number of pyridine rings is 2. The zero-order valence-corrected chi connectivity index (χ0v) is 21.4. The van der Waals surface area contributed by atoms with E-state index in [9.17, 15) is 14.4 Å². The zero-order chi connectivity index (χ0) is 26.6. The second-order valence-electron chi connectivity index (χ2n) is 10.6. The largest absolute Gasteiger partial charge is 0.339 e. The number of amides is 1. The summed E-state index contributed by atoms with van der Waals surface area (Å²) in [4.78, 5) is 53.0. The van der Waals surface area contributed by atoms with Crippen molar-refractivity contribution in [1.29, 1.82) is 0 Å². The van der Waals surface area contributed by atoms with E-state index in [1.807, 2.05) is 6.07 Å². The van der Waals surface area contributed by atoms with E-state index in [2.05, 4.69) is 38.7 Å². The molecule has 0 unspecified atom stereocenters. The Kier molecular flexibility index (Phi) is 5.48. The fourth-order valence-electron chi connectivity index (χ4n) is 5.61. The summed E-state index contributed by atoms with van der Waals surface area (Å²) in [5.41, 5.74) is 4.84. The number of aryl methyl sites for hydroxylation is 1. The van der Waals surface area contributed by atoms with Crippen molar-refractivity contribution in [2.75, 3.05) is 16.8 Å². The van der Waals surface area contributed by atoms with Crippen molar-refractivity contribution in [3.8, 4) is 11.1 Å². The Labute approximate surface area is 219 Å². The van der Waals surface area contributed by atoms with Crippen molar-refractivity contribution in [2.45, 2.75) is 33.2 Å². The van der Waals surface area contributed by atoms with Gasteiger partial charge in [-0.05, 0) is 53.6 Å². The quantitative estimate of drug-likeness (QED) is 0.410. The van der Waals surface area contributed by atoms with E-state index in [4.69, 9.17) is 0 Å². The van der Waals surface area contributed by atoms with Gasteiger partial charge in [0.1, 0.15) is 29.3 Å². The van der Waals surface area contributed by atoms with E-state index < -0.39 is 0 Å². The SMILES string of the molecule is Cn1cc(-c2ccnc(N3CCn4c(cc5c4CC(C)(C)C5)C3=O)c2C=O)cc(Nc2ccncn2)c1=O. The average Bonchev–Trinajstić information content (AvgIpc) is 3.39. The maximum atomic E-state index is 13.6. The van der Waals surface area contributed by atoms with Crippen molar-refractivity contribution in [3.05, 3.63) is 82.1 Å². The Morgan fingerprint density at radius 3 is 2.66 bits per heavy atom. The molecule has 0 radical (unpaired) electrons. The Morgan fingerprint density at radius 2 is 1.89 bits per heavy atom. The lowest BCUT2D eigenvalue weighted by Gasteiger charge is -2.30. The van der Waals surface area contributed by atoms with Crippen molar-refractivity contribution >= 4 is 29.5 Å². The third-order valence-electron chi connectivity index (χ3n) is 7.31. The second kappa shape index (κ2) is 8.76. The number of carbonyl (C=O) groups excluding carboxylic acids is 2. The van der Waals surface area contributed by atoms with Crippen LogP contribution in [0.15, 0.2) is 54.0 Å². The van der Waals surface area contributed by atoms with Gasteiger partial charge in [-0.1, -0.05) is 13.8 Å². The summed E-state index contributed by atoms with van der Waals surface area (Å²) in [6, 6.07) is 7.05. The number of carbonyl (C=O) groups is 2. The lowest BCUT2D eigenvalue weighted by Crippen LogP contribution is -2.41. The summed E-state index contributed by atoms with van der Waals surface area (Å²) < 4.78 is 3.57. The minimum Gasteiger partial charge on any atom is -0.339 e. The Morgan fingerprint density at radius 1 is 1.05 bits per heavy atom. The lowest BCUT2D eigenvalue weighted by molar-refractivity contribution is 0.0963. The van der Waals surface area contributed by atoms with E-state index in [1.54, 1.807) is 48.7 Å². The highest BCUT2D eigenvalue weighted by Crippen LogP contribution is 2.40. The molecule has 4 aromatic rings. The maximum absolute atomic E-state index is 13.6. The first-order valence-corrected chi connectivity index (χ1v) is 12.5. The van der Waals surface area contributed by atoms with Crippen LogP contribution in [0.2, 0.25) is 0 Å². The van der Waals surface area contributed by atoms with Crippen molar-refractivity contribution in [1.82, 2.24) is 24.1 Å². The molecule has 10 heteroatoms. The normalized spacial score (nSPS) is 15.8. The first kappa shape index (κ1) is 23.8. The molecule has 0 atom stereocenters. The van der Waals surface area contributed by atoms with Gasteiger partial charge in [-0.2, -0.15) is 0 Å². The standard InChI is InChI=1S/C28H27N7O3/c1-28(2)12-17-11-22-27(38)35(9-8-34(22)23(17)13-28)25-20(15-36)19(4-7-30-25)18-10-21(26(37)33(3)14-18)32-24-5-6-29-16-31-24/h4-7,10-11,14-16H,8-9,12-13H2,1-3H3,(H,29,31,32). The number of hydrogen-bond acceptors (Lipinski definition) is 7. The molecule has 1 amide bonds. The molecule has 2 aliphatic rings. The van der Waals surface area contributed by atoms with Crippen molar-refractivity contribution in [3.63, 3.8) is 0 Å². The zero-order valence-electron chi connectivity index (χ0n) is 21.4. The van der Waals surface area contributed by atoms with Crippen molar-refractivity contribution in [2.24, 2.45) is 12.5 Å². The van der Waals surface area contributed by atoms with Crippen LogP contribution in [-0.2, 0) is 26.4 Å². The van der Waals surface area contributed by atoms with Crippen LogP contribution in [-0.4, -0.2) is 42.8 Å². The fourth-order valence-corrected chi connectivity index (χ4v) is 5.61. The molecule has 0 fully saturated rings. The molecule has 1 aliphatic carbocycles. The number of hydrogen-bond donors (Lipinski definition) is 1. The molecule has 4 aromatic heterocycles. The predicted octanol–water partition coefficient (Wildman–Crippen LogP) is 3.38. The number of anilines is 3. The van der Waals surface area contributed by atoms with Gasteiger partial charge in [0, 0.05) is 50.0 Å². The van der Waals surface area contributed by atoms with Crippen LogP contribution in [0.3, 0.4) is 0 Å². The molecule has 0 spiro atoms. The third-order valence-corrected chi connectivity index (χ3v) is 7.31. The third kappa shape index (κ3) is 3.89. The number of aldehydes is 1. The van der Waals surface area contributed by atoms with Crippen LogP contribution >= 0.6 is 0 Å². The summed E-state index contributed by atoms with van der Waals surface area (Å²) in [5.74, 6) is 0.620. The smallest absolute Gasteiger partial charge is 0.276 e. The molecule has 0 saturated carbocycles. The molecule has 0 aromatic carbocycles. The highest BCUT2D eigenvalue weighted by molar-refractivity contribution is 6.08. The first-order chi connectivity index (χ1) is 18.3. The average molecular weight is 510 g/mol. The Hall–Kier alpha value is -4.60. The number of nitrogens with zero attached hydrogens (tertiary/aromatic N) is 6. The predicted molar refractivity (Wildman–Crippen MR) is 143 cm³/mol.